The number of hydrogen-bond donors (Lipinski definition) is 3. The summed E-state index contributed by atoms with van der Waals surface area (Å²) in [6.07, 6.45) is 5.13. The minimum Gasteiger partial charge on any atom is -0.360 e. The van der Waals surface area contributed by atoms with Gasteiger partial charge in [0.2, 0.25) is 15.9 Å². The summed E-state index contributed by atoms with van der Waals surface area (Å²) in [6.45, 7) is 4.64. The van der Waals surface area contributed by atoms with E-state index in [1.54, 1.807) is 13.8 Å². The Morgan fingerprint density at radius 3 is 2.37 bits per heavy atom. The average molecular weight is 421 g/mol. The summed E-state index contributed by atoms with van der Waals surface area (Å²) >= 11 is 0. The van der Waals surface area contributed by atoms with Gasteiger partial charge in [-0.25, -0.2) is 8.42 Å². The van der Waals surface area contributed by atoms with Crippen molar-refractivity contribution >= 4 is 28.3 Å². The molecule has 8 nitrogen and oxygen atoms in total. The number of rotatable bonds is 5. The number of hydrogen-bond acceptors (Lipinski definition) is 6. The monoisotopic (exact) mass is 420 g/mol. The van der Waals surface area contributed by atoms with E-state index in [9.17, 15) is 13.2 Å². The number of nitrogens with one attached hydrogen (secondary N) is 2. The number of aryl methyl sites for hydroxylation is 2. The van der Waals surface area contributed by atoms with Gasteiger partial charge in [-0.1, -0.05) is 11.6 Å². The molecule has 0 spiro atoms. The highest BCUT2D eigenvalue weighted by atomic mass is 35.5. The van der Waals surface area contributed by atoms with Crippen LogP contribution in [0.4, 0.5) is 0 Å². The molecule has 3 rings (SSSR count). The molecule has 4 N–H and O–H groups in total. The second-order valence-corrected chi connectivity index (χ2v) is 9.36. The number of halogens is 1. The van der Waals surface area contributed by atoms with Crippen molar-refractivity contribution < 1.29 is 17.7 Å². The predicted octanol–water partition coefficient (Wildman–Crippen LogP) is 1.40. The van der Waals surface area contributed by atoms with Crippen LogP contribution in [0.3, 0.4) is 0 Å². The molecule has 27 heavy (non-hydrogen) atoms. The van der Waals surface area contributed by atoms with Crippen molar-refractivity contribution in [1.82, 2.24) is 15.2 Å². The van der Waals surface area contributed by atoms with Gasteiger partial charge in [0.25, 0.3) is 0 Å². The van der Waals surface area contributed by atoms with Crippen molar-refractivity contribution in [3.8, 4) is 0 Å². The molecule has 2 saturated carbocycles. The lowest BCUT2D eigenvalue weighted by Gasteiger charge is -2.45. The molecular weight excluding hydrogens is 392 g/mol. The molecule has 154 valence electrons. The maximum atomic E-state index is 12.6. The summed E-state index contributed by atoms with van der Waals surface area (Å²) < 4.78 is 32.5. The number of nitrogens with zero attached hydrogens (tertiary/aromatic N) is 1. The van der Waals surface area contributed by atoms with Crippen LogP contribution in [-0.2, 0) is 14.8 Å². The number of carbonyl (C=O) groups is 1. The number of aromatic nitrogens is 1. The van der Waals surface area contributed by atoms with Crippen LogP contribution in [0.2, 0.25) is 0 Å². The molecule has 0 radical (unpaired) electrons. The highest BCUT2D eigenvalue weighted by Gasteiger charge is 2.40. The fourth-order valence-corrected chi connectivity index (χ4v) is 6.05. The largest absolute Gasteiger partial charge is 0.360 e. The molecule has 10 heteroatoms. The third kappa shape index (κ3) is 4.64. The fraction of sp³-hybridized carbons (Fsp3) is 0.765. The quantitative estimate of drug-likeness (QED) is 0.660. The van der Waals surface area contributed by atoms with E-state index in [2.05, 4.69) is 15.2 Å². The first kappa shape index (κ1) is 22.1. The number of fused-ring (bicyclic) bond motifs is 2. The van der Waals surface area contributed by atoms with Crippen LogP contribution < -0.4 is 15.8 Å². The van der Waals surface area contributed by atoms with Crippen LogP contribution in [0.1, 0.15) is 50.5 Å². The number of nitrogens with two attached hydrogens (primary N) is 1. The van der Waals surface area contributed by atoms with Gasteiger partial charge in [-0.3, -0.25) is 4.79 Å². The summed E-state index contributed by atoms with van der Waals surface area (Å²) in [4.78, 5) is 12.6. The van der Waals surface area contributed by atoms with E-state index in [-0.39, 0.29) is 46.7 Å². The maximum absolute atomic E-state index is 12.6. The fourth-order valence-electron chi connectivity index (χ4n) is 4.52. The third-order valence-electron chi connectivity index (χ3n) is 5.65. The van der Waals surface area contributed by atoms with Gasteiger partial charge in [-0.2, -0.15) is 4.72 Å². The lowest BCUT2D eigenvalue weighted by Crippen LogP contribution is -2.57. The molecule has 3 unspecified atom stereocenters. The van der Waals surface area contributed by atoms with Gasteiger partial charge in [0.15, 0.2) is 5.76 Å². The Labute approximate surface area is 166 Å². The average Bonchev–Trinajstić information content (AvgIpc) is 2.87. The number of carbonyl (C=O) groups excluding carboxylic acids is 1. The Bertz CT molecular complexity index is 748. The predicted molar refractivity (Wildman–Crippen MR) is 103 cm³/mol. The van der Waals surface area contributed by atoms with Crippen molar-refractivity contribution in [3.63, 3.8) is 0 Å². The number of amides is 1. The van der Waals surface area contributed by atoms with Crippen molar-refractivity contribution in [2.75, 3.05) is 0 Å². The van der Waals surface area contributed by atoms with E-state index in [1.807, 2.05) is 0 Å². The lowest BCUT2D eigenvalue weighted by molar-refractivity contribution is -0.124. The molecule has 0 saturated heterocycles. The lowest BCUT2D eigenvalue weighted by atomic mass is 9.67. The van der Waals surface area contributed by atoms with Crippen LogP contribution in [0.15, 0.2) is 9.42 Å². The zero-order chi connectivity index (χ0) is 19.1. The van der Waals surface area contributed by atoms with Crippen LogP contribution in [0.5, 0.6) is 0 Å². The van der Waals surface area contributed by atoms with Crippen LogP contribution in [-0.4, -0.2) is 37.6 Å². The molecule has 3 atom stereocenters. The standard InChI is InChI=1S/C17H28N4O4S.ClH/c1-9-16(11(3)25-20-9)26(23,24)21-10(2)17(22)19-15-12-5-4-6-13(15)8-14(18)7-12;/h10,12-15,21H,4-8,18H2,1-3H3,(H,19,22);1H. The molecule has 1 amide bonds. The summed E-state index contributed by atoms with van der Waals surface area (Å²) in [5.41, 5.74) is 6.40. The van der Waals surface area contributed by atoms with Crippen molar-refractivity contribution in [2.24, 2.45) is 17.6 Å². The third-order valence-corrected chi connectivity index (χ3v) is 7.43. The maximum Gasteiger partial charge on any atom is 0.246 e. The molecule has 2 aliphatic carbocycles. The molecule has 1 aromatic heterocycles. The van der Waals surface area contributed by atoms with Crippen molar-refractivity contribution in [2.45, 2.75) is 75.9 Å². The van der Waals surface area contributed by atoms with Gasteiger partial charge in [0.05, 0.1) is 6.04 Å². The second kappa shape index (κ2) is 8.46. The van der Waals surface area contributed by atoms with Crippen molar-refractivity contribution in [1.29, 1.82) is 0 Å². The minimum absolute atomic E-state index is 0. The zero-order valence-corrected chi connectivity index (χ0v) is 17.5. The Morgan fingerprint density at radius 2 is 1.85 bits per heavy atom. The SMILES string of the molecule is Cc1noc(C)c1S(=O)(=O)NC(C)C(=O)NC1C2CCCC1CC(N)C2.Cl. The Morgan fingerprint density at radius 1 is 1.26 bits per heavy atom. The Balaban J connectivity index is 0.00000261. The summed E-state index contributed by atoms with van der Waals surface area (Å²) in [7, 11) is -3.88. The highest BCUT2D eigenvalue weighted by molar-refractivity contribution is 7.89. The van der Waals surface area contributed by atoms with E-state index >= 15 is 0 Å². The van der Waals surface area contributed by atoms with Crippen LogP contribution >= 0.6 is 12.4 Å². The highest BCUT2D eigenvalue weighted by Crippen LogP contribution is 2.39. The number of sulfonamides is 1. The van der Waals surface area contributed by atoms with E-state index in [4.69, 9.17) is 10.3 Å². The smallest absolute Gasteiger partial charge is 0.246 e. The van der Waals surface area contributed by atoms with Gasteiger partial charge < -0.3 is 15.6 Å². The molecule has 2 aliphatic rings. The van der Waals surface area contributed by atoms with E-state index in [0.29, 0.717) is 11.8 Å². The first-order chi connectivity index (χ1) is 12.2. The van der Waals surface area contributed by atoms with Gasteiger partial charge in [0.1, 0.15) is 10.6 Å². The second-order valence-electron chi connectivity index (χ2n) is 7.71. The first-order valence-corrected chi connectivity index (χ1v) is 10.7. The first-order valence-electron chi connectivity index (χ1n) is 9.20. The molecular formula is C17H29ClN4O4S. The van der Waals surface area contributed by atoms with E-state index < -0.39 is 16.1 Å². The summed E-state index contributed by atoms with van der Waals surface area (Å²) in [5, 5.41) is 6.75. The van der Waals surface area contributed by atoms with E-state index in [0.717, 1.165) is 25.7 Å². The Hall–Kier alpha value is -1.16. The summed E-state index contributed by atoms with van der Waals surface area (Å²) in [5.74, 6) is 0.664. The zero-order valence-electron chi connectivity index (χ0n) is 15.9. The molecule has 2 fully saturated rings. The molecule has 2 bridgehead atoms. The van der Waals surface area contributed by atoms with Crippen molar-refractivity contribution in [3.05, 3.63) is 11.5 Å². The summed E-state index contributed by atoms with van der Waals surface area (Å²) in [6, 6.07) is -0.596. The van der Waals surface area contributed by atoms with Gasteiger partial charge in [-0.05, 0) is 58.3 Å². The molecule has 0 aliphatic heterocycles. The van der Waals surface area contributed by atoms with Gasteiger partial charge in [0, 0.05) is 12.1 Å². The minimum atomic E-state index is -3.88. The van der Waals surface area contributed by atoms with Crippen LogP contribution in [0, 0.1) is 25.7 Å². The molecule has 1 aromatic rings. The van der Waals surface area contributed by atoms with Gasteiger partial charge >= 0.3 is 0 Å². The van der Waals surface area contributed by atoms with E-state index in [1.165, 1.54) is 13.3 Å². The normalized spacial score (nSPS) is 28.9. The van der Waals surface area contributed by atoms with Gasteiger partial charge in [-0.15, -0.1) is 12.4 Å². The Kier molecular flexibility index (Phi) is 6.94. The molecule has 1 heterocycles. The van der Waals surface area contributed by atoms with Crippen LogP contribution in [0.25, 0.3) is 0 Å². The molecule has 0 aromatic carbocycles. The topological polar surface area (TPSA) is 127 Å².